The van der Waals surface area contributed by atoms with Crippen molar-refractivity contribution in [1.29, 1.82) is 0 Å². The second-order valence-electron chi connectivity index (χ2n) is 6.03. The molecule has 0 fully saturated rings. The maximum atomic E-state index is 6.29. The molecule has 0 saturated carbocycles. The van der Waals surface area contributed by atoms with E-state index in [-0.39, 0.29) is 6.04 Å². The third-order valence-electron chi connectivity index (χ3n) is 4.49. The smallest absolute Gasteiger partial charge is 0.0402 e. The predicted molar refractivity (Wildman–Crippen MR) is 89.6 cm³/mol. The molecule has 0 aromatic heterocycles. The van der Waals surface area contributed by atoms with Crippen molar-refractivity contribution in [1.82, 2.24) is 0 Å². The van der Waals surface area contributed by atoms with Crippen LogP contribution in [0.3, 0.4) is 0 Å². The van der Waals surface area contributed by atoms with E-state index in [2.05, 4.69) is 60.4 Å². The van der Waals surface area contributed by atoms with Gasteiger partial charge in [0.15, 0.2) is 0 Å². The molecule has 1 heterocycles. The molecule has 0 aliphatic carbocycles. The summed E-state index contributed by atoms with van der Waals surface area (Å²) in [7, 11) is 0. The molecule has 2 aromatic rings. The van der Waals surface area contributed by atoms with E-state index < -0.39 is 0 Å². The van der Waals surface area contributed by atoms with E-state index in [9.17, 15) is 0 Å². The highest BCUT2D eigenvalue weighted by Crippen LogP contribution is 2.32. The summed E-state index contributed by atoms with van der Waals surface area (Å²) in [5.74, 6) is 0. The fraction of sp³-hybridized carbons (Fsp3) is 0.368. The number of fused-ring (bicyclic) bond motifs is 1. The Morgan fingerprint density at radius 1 is 1.10 bits per heavy atom. The minimum absolute atomic E-state index is 0.152. The molecule has 2 unspecified atom stereocenters. The Morgan fingerprint density at radius 3 is 2.62 bits per heavy atom. The first-order chi connectivity index (χ1) is 10.3. The van der Waals surface area contributed by atoms with Crippen LogP contribution in [0.1, 0.15) is 36.9 Å². The lowest BCUT2D eigenvalue weighted by molar-refractivity contribution is 0.577. The summed E-state index contributed by atoms with van der Waals surface area (Å²) in [5.41, 5.74) is 10.4. The molecule has 2 aromatic carbocycles. The van der Waals surface area contributed by atoms with Crippen LogP contribution in [0, 0.1) is 0 Å². The molecule has 3 rings (SSSR count). The molecule has 110 valence electrons. The lowest BCUT2D eigenvalue weighted by Crippen LogP contribution is -2.30. The first kappa shape index (κ1) is 14.2. The highest BCUT2D eigenvalue weighted by Gasteiger charge is 2.24. The maximum absolute atomic E-state index is 6.29. The quantitative estimate of drug-likeness (QED) is 0.899. The van der Waals surface area contributed by atoms with Crippen molar-refractivity contribution in [2.75, 3.05) is 11.4 Å². The van der Waals surface area contributed by atoms with Crippen LogP contribution in [0.5, 0.6) is 0 Å². The number of nitrogens with zero attached hydrogens (tertiary/aromatic N) is 1. The molecule has 2 N–H and O–H groups in total. The summed E-state index contributed by atoms with van der Waals surface area (Å²) in [6.07, 6.45) is 3.34. The molecular formula is C19H24N2. The molecule has 1 aliphatic rings. The van der Waals surface area contributed by atoms with Crippen molar-refractivity contribution in [3.05, 3.63) is 65.7 Å². The Morgan fingerprint density at radius 2 is 1.81 bits per heavy atom. The summed E-state index contributed by atoms with van der Waals surface area (Å²) < 4.78 is 0. The average molecular weight is 280 g/mol. The Hall–Kier alpha value is -1.80. The zero-order chi connectivity index (χ0) is 14.7. The second-order valence-corrected chi connectivity index (χ2v) is 6.03. The van der Waals surface area contributed by atoms with Crippen molar-refractivity contribution in [3.63, 3.8) is 0 Å². The molecule has 0 amide bonds. The molecule has 2 atom stereocenters. The molecule has 21 heavy (non-hydrogen) atoms. The van der Waals surface area contributed by atoms with Crippen LogP contribution < -0.4 is 10.6 Å². The van der Waals surface area contributed by atoms with E-state index in [0.29, 0.717) is 6.04 Å². The summed E-state index contributed by atoms with van der Waals surface area (Å²) in [6.45, 7) is 3.41. The molecule has 0 radical (unpaired) electrons. The first-order valence-electron chi connectivity index (χ1n) is 7.91. The van der Waals surface area contributed by atoms with Crippen molar-refractivity contribution in [3.8, 4) is 0 Å². The van der Waals surface area contributed by atoms with Gasteiger partial charge in [-0.15, -0.1) is 0 Å². The molecule has 0 spiro atoms. The highest BCUT2D eigenvalue weighted by atomic mass is 15.2. The zero-order valence-corrected chi connectivity index (χ0v) is 12.7. The van der Waals surface area contributed by atoms with E-state index in [1.165, 1.54) is 23.2 Å². The Labute approximate surface area is 127 Å². The summed E-state index contributed by atoms with van der Waals surface area (Å²) in [5, 5.41) is 0. The van der Waals surface area contributed by atoms with Crippen LogP contribution in [0.25, 0.3) is 0 Å². The summed E-state index contributed by atoms with van der Waals surface area (Å²) in [6, 6.07) is 19.9. The third-order valence-corrected chi connectivity index (χ3v) is 4.49. The number of nitrogens with two attached hydrogens (primary N) is 1. The Balaban J connectivity index is 1.56. The predicted octanol–water partition coefficient (Wildman–Crippen LogP) is 3.92. The normalized spacial score (nSPS) is 18.6. The van der Waals surface area contributed by atoms with Crippen LogP contribution >= 0.6 is 0 Å². The summed E-state index contributed by atoms with van der Waals surface area (Å²) >= 11 is 0. The van der Waals surface area contributed by atoms with Crippen LogP contribution in [0.15, 0.2) is 54.6 Å². The van der Waals surface area contributed by atoms with Gasteiger partial charge in [0.25, 0.3) is 0 Å². The van der Waals surface area contributed by atoms with Gasteiger partial charge in [0.2, 0.25) is 0 Å². The van der Waals surface area contributed by atoms with Crippen molar-refractivity contribution in [2.45, 2.75) is 38.3 Å². The van der Waals surface area contributed by atoms with Crippen molar-refractivity contribution < 1.29 is 0 Å². The van der Waals surface area contributed by atoms with Gasteiger partial charge in [-0.05, 0) is 43.4 Å². The van der Waals surface area contributed by atoms with Gasteiger partial charge in [0, 0.05) is 24.3 Å². The number of benzene rings is 2. The lowest BCUT2D eigenvalue weighted by atomic mass is 10.0. The number of hydrogen-bond acceptors (Lipinski definition) is 2. The fourth-order valence-electron chi connectivity index (χ4n) is 3.32. The SMILES string of the molecule is CC1Cc2ccccc2N1CCCC(N)c1ccccc1. The number of para-hydroxylation sites is 1. The van der Waals surface area contributed by atoms with Crippen molar-refractivity contribution in [2.24, 2.45) is 5.73 Å². The minimum Gasteiger partial charge on any atom is -0.368 e. The van der Waals surface area contributed by atoms with E-state index in [1.807, 2.05) is 6.07 Å². The summed E-state index contributed by atoms with van der Waals surface area (Å²) in [4.78, 5) is 2.53. The molecule has 0 saturated heterocycles. The number of hydrogen-bond donors (Lipinski definition) is 1. The largest absolute Gasteiger partial charge is 0.368 e. The Kier molecular flexibility index (Phi) is 4.26. The lowest BCUT2D eigenvalue weighted by Gasteiger charge is -2.25. The van der Waals surface area contributed by atoms with Crippen LogP contribution in [-0.2, 0) is 6.42 Å². The van der Waals surface area contributed by atoms with E-state index in [1.54, 1.807) is 0 Å². The second kappa shape index (κ2) is 6.31. The minimum atomic E-state index is 0.152. The van der Waals surface area contributed by atoms with Gasteiger partial charge in [-0.2, -0.15) is 0 Å². The monoisotopic (exact) mass is 280 g/mol. The maximum Gasteiger partial charge on any atom is 0.0402 e. The van der Waals surface area contributed by atoms with Gasteiger partial charge < -0.3 is 10.6 Å². The third kappa shape index (κ3) is 3.11. The molecular weight excluding hydrogens is 256 g/mol. The van der Waals surface area contributed by atoms with Gasteiger partial charge in [-0.1, -0.05) is 48.5 Å². The molecule has 0 bridgehead atoms. The first-order valence-corrected chi connectivity index (χ1v) is 7.91. The number of anilines is 1. The zero-order valence-electron chi connectivity index (χ0n) is 12.7. The molecule has 1 aliphatic heterocycles. The van der Waals surface area contributed by atoms with Crippen LogP contribution in [0.2, 0.25) is 0 Å². The fourth-order valence-corrected chi connectivity index (χ4v) is 3.32. The molecule has 2 nitrogen and oxygen atoms in total. The van der Waals surface area contributed by atoms with Gasteiger partial charge in [-0.3, -0.25) is 0 Å². The van der Waals surface area contributed by atoms with Crippen LogP contribution in [0.4, 0.5) is 5.69 Å². The van der Waals surface area contributed by atoms with Crippen molar-refractivity contribution >= 4 is 5.69 Å². The van der Waals surface area contributed by atoms with E-state index >= 15 is 0 Å². The topological polar surface area (TPSA) is 29.3 Å². The van der Waals surface area contributed by atoms with Gasteiger partial charge in [-0.25, -0.2) is 0 Å². The number of rotatable bonds is 5. The highest BCUT2D eigenvalue weighted by molar-refractivity contribution is 5.59. The van der Waals surface area contributed by atoms with Gasteiger partial charge in [0.05, 0.1) is 0 Å². The van der Waals surface area contributed by atoms with E-state index in [4.69, 9.17) is 5.73 Å². The Bertz CT molecular complexity index is 579. The van der Waals surface area contributed by atoms with Gasteiger partial charge in [0.1, 0.15) is 0 Å². The van der Waals surface area contributed by atoms with E-state index in [0.717, 1.165) is 19.4 Å². The average Bonchev–Trinajstić information content (AvgIpc) is 2.84. The molecule has 2 heteroatoms. The van der Waals surface area contributed by atoms with Gasteiger partial charge >= 0.3 is 0 Å². The standard InChI is InChI=1S/C19H24N2/c1-15-14-17-10-5-6-12-19(17)21(15)13-7-11-18(20)16-8-3-2-4-9-16/h2-6,8-10,12,15,18H,7,11,13-14,20H2,1H3. The van der Waals surface area contributed by atoms with Crippen LogP contribution in [-0.4, -0.2) is 12.6 Å².